The molecule has 2 aliphatic rings. The van der Waals surface area contributed by atoms with Crippen LogP contribution in [0.25, 0.3) is 0 Å². The van der Waals surface area contributed by atoms with Crippen LogP contribution in [0.2, 0.25) is 0 Å². The van der Waals surface area contributed by atoms with Gasteiger partial charge in [-0.3, -0.25) is 19.7 Å². The molecule has 0 radical (unpaired) electrons. The standard InChI is InChI=1S/C22H32N4O3/c23-12-5-3-1-2-4-6-13-24-14-16-8-7-9-17-15-26(22(29)20(16)17)18-10-11-19(27)25-21(18)28/h7-9,18,24H,1-6,10-15,23H2,(H,25,27,28). The fourth-order valence-corrected chi connectivity index (χ4v) is 4.16. The number of nitrogens with one attached hydrogen (secondary N) is 2. The maximum atomic E-state index is 13.0. The van der Waals surface area contributed by atoms with Crippen molar-refractivity contribution < 1.29 is 14.4 Å². The zero-order valence-corrected chi connectivity index (χ0v) is 17.0. The number of amides is 3. The third-order valence-corrected chi connectivity index (χ3v) is 5.76. The molecule has 7 nitrogen and oxygen atoms in total. The largest absolute Gasteiger partial charge is 0.330 e. The number of piperidine rings is 1. The van der Waals surface area contributed by atoms with E-state index in [1.165, 1.54) is 25.7 Å². The Balaban J connectivity index is 1.49. The highest BCUT2D eigenvalue weighted by molar-refractivity contribution is 6.05. The van der Waals surface area contributed by atoms with Gasteiger partial charge in [-0.05, 0) is 43.5 Å². The molecule has 1 saturated heterocycles. The van der Waals surface area contributed by atoms with Gasteiger partial charge in [-0.1, -0.05) is 43.9 Å². The number of nitrogens with two attached hydrogens (primary N) is 1. The third kappa shape index (κ3) is 5.42. The van der Waals surface area contributed by atoms with Crippen LogP contribution in [0.15, 0.2) is 18.2 Å². The zero-order valence-electron chi connectivity index (χ0n) is 17.0. The Hall–Kier alpha value is -2.25. The highest BCUT2D eigenvalue weighted by Crippen LogP contribution is 2.29. The summed E-state index contributed by atoms with van der Waals surface area (Å²) in [6, 6.07) is 5.33. The Morgan fingerprint density at radius 3 is 2.59 bits per heavy atom. The van der Waals surface area contributed by atoms with Crippen LogP contribution in [0.5, 0.6) is 0 Å². The van der Waals surface area contributed by atoms with E-state index < -0.39 is 6.04 Å². The van der Waals surface area contributed by atoms with E-state index in [-0.39, 0.29) is 24.1 Å². The van der Waals surface area contributed by atoms with Crippen molar-refractivity contribution in [1.82, 2.24) is 15.5 Å². The number of unbranched alkanes of at least 4 members (excludes halogenated alkanes) is 5. The molecule has 1 atom stereocenters. The second-order valence-electron chi connectivity index (χ2n) is 7.94. The molecule has 0 bridgehead atoms. The first-order valence-electron chi connectivity index (χ1n) is 10.8. The van der Waals surface area contributed by atoms with Crippen molar-refractivity contribution in [2.24, 2.45) is 5.73 Å². The topological polar surface area (TPSA) is 105 Å². The van der Waals surface area contributed by atoms with Gasteiger partial charge in [0.2, 0.25) is 11.8 Å². The predicted octanol–water partition coefficient (Wildman–Crippen LogP) is 1.84. The molecule has 29 heavy (non-hydrogen) atoms. The second kappa shape index (κ2) is 10.5. The average Bonchev–Trinajstić information content (AvgIpc) is 3.04. The quantitative estimate of drug-likeness (QED) is 0.388. The minimum Gasteiger partial charge on any atom is -0.330 e. The zero-order chi connectivity index (χ0) is 20.6. The molecule has 1 aromatic rings. The fraction of sp³-hybridized carbons (Fsp3) is 0.591. The molecule has 7 heteroatoms. The molecular formula is C22H32N4O3. The van der Waals surface area contributed by atoms with Crippen molar-refractivity contribution in [3.63, 3.8) is 0 Å². The Morgan fingerprint density at radius 1 is 1.07 bits per heavy atom. The lowest BCUT2D eigenvalue weighted by atomic mass is 10.0. The number of imide groups is 1. The second-order valence-corrected chi connectivity index (χ2v) is 7.94. The fourth-order valence-electron chi connectivity index (χ4n) is 4.16. The Bertz CT molecular complexity index is 750. The summed E-state index contributed by atoms with van der Waals surface area (Å²) in [5, 5.41) is 5.80. The molecular weight excluding hydrogens is 368 g/mol. The maximum absolute atomic E-state index is 13.0. The van der Waals surface area contributed by atoms with Gasteiger partial charge in [-0.25, -0.2) is 0 Å². The molecule has 1 unspecified atom stereocenters. The third-order valence-electron chi connectivity index (χ3n) is 5.76. The molecule has 2 aliphatic heterocycles. The van der Waals surface area contributed by atoms with E-state index in [4.69, 9.17) is 5.73 Å². The summed E-state index contributed by atoms with van der Waals surface area (Å²) in [5.41, 5.74) is 8.15. The summed E-state index contributed by atoms with van der Waals surface area (Å²) in [6.07, 6.45) is 7.80. The van der Waals surface area contributed by atoms with Crippen LogP contribution in [0.1, 0.15) is 72.9 Å². The summed E-state index contributed by atoms with van der Waals surface area (Å²) in [7, 11) is 0. The predicted molar refractivity (Wildman–Crippen MR) is 111 cm³/mol. The van der Waals surface area contributed by atoms with Crippen LogP contribution < -0.4 is 16.4 Å². The summed E-state index contributed by atoms with van der Waals surface area (Å²) >= 11 is 0. The number of rotatable bonds is 11. The number of carbonyl (C=O) groups excluding carboxylic acids is 3. The minimum absolute atomic E-state index is 0.105. The molecule has 3 amide bonds. The van der Waals surface area contributed by atoms with E-state index in [0.717, 1.165) is 37.1 Å². The first kappa shape index (κ1) is 21.5. The Labute approximate surface area is 172 Å². The molecule has 4 N–H and O–H groups in total. The van der Waals surface area contributed by atoms with Gasteiger partial charge in [0, 0.05) is 25.1 Å². The first-order valence-corrected chi connectivity index (χ1v) is 10.8. The number of hydrogen-bond acceptors (Lipinski definition) is 5. The highest BCUT2D eigenvalue weighted by atomic mass is 16.2. The van der Waals surface area contributed by atoms with Gasteiger partial charge in [-0.2, -0.15) is 0 Å². The number of benzene rings is 1. The summed E-state index contributed by atoms with van der Waals surface area (Å²) < 4.78 is 0. The van der Waals surface area contributed by atoms with Crippen LogP contribution in [0, 0.1) is 0 Å². The minimum atomic E-state index is -0.562. The smallest absolute Gasteiger partial charge is 0.255 e. The van der Waals surface area contributed by atoms with Crippen LogP contribution in [0.3, 0.4) is 0 Å². The lowest BCUT2D eigenvalue weighted by molar-refractivity contribution is -0.136. The number of nitrogens with zero attached hydrogens (tertiary/aromatic N) is 1. The van der Waals surface area contributed by atoms with Gasteiger partial charge >= 0.3 is 0 Å². The SMILES string of the molecule is NCCCCCCCCNCc1cccc2c1C(=O)N(C1CCC(=O)NC1=O)C2. The lowest BCUT2D eigenvalue weighted by Gasteiger charge is -2.29. The molecule has 0 spiro atoms. The molecule has 0 aliphatic carbocycles. The molecule has 0 aromatic heterocycles. The van der Waals surface area contributed by atoms with Crippen LogP contribution in [-0.2, 0) is 22.7 Å². The Kier molecular flexibility index (Phi) is 7.77. The van der Waals surface area contributed by atoms with Gasteiger partial charge in [0.25, 0.3) is 5.91 Å². The molecule has 2 heterocycles. The monoisotopic (exact) mass is 400 g/mol. The molecule has 1 aromatic carbocycles. The van der Waals surface area contributed by atoms with Crippen molar-refractivity contribution in [1.29, 1.82) is 0 Å². The van der Waals surface area contributed by atoms with E-state index >= 15 is 0 Å². The first-order chi connectivity index (χ1) is 14.1. The van der Waals surface area contributed by atoms with E-state index in [2.05, 4.69) is 10.6 Å². The van der Waals surface area contributed by atoms with Crippen molar-refractivity contribution in [3.8, 4) is 0 Å². The van der Waals surface area contributed by atoms with Crippen molar-refractivity contribution in [2.45, 2.75) is 70.5 Å². The Morgan fingerprint density at radius 2 is 1.83 bits per heavy atom. The maximum Gasteiger partial charge on any atom is 0.255 e. The van der Waals surface area contributed by atoms with Crippen LogP contribution in [-0.4, -0.2) is 41.8 Å². The van der Waals surface area contributed by atoms with Crippen LogP contribution >= 0.6 is 0 Å². The normalized spacial score (nSPS) is 18.9. The van der Waals surface area contributed by atoms with Crippen LogP contribution in [0.4, 0.5) is 0 Å². The highest BCUT2D eigenvalue weighted by Gasteiger charge is 2.39. The summed E-state index contributed by atoms with van der Waals surface area (Å²) in [5.74, 6) is -0.736. The number of carbonyl (C=O) groups is 3. The summed E-state index contributed by atoms with van der Waals surface area (Å²) in [6.45, 7) is 2.77. The number of hydrogen-bond donors (Lipinski definition) is 3. The number of fused-ring (bicyclic) bond motifs is 1. The lowest BCUT2D eigenvalue weighted by Crippen LogP contribution is -2.52. The summed E-state index contributed by atoms with van der Waals surface area (Å²) in [4.78, 5) is 38.2. The van der Waals surface area contributed by atoms with Gasteiger partial charge in [-0.15, -0.1) is 0 Å². The van der Waals surface area contributed by atoms with Gasteiger partial charge in [0.15, 0.2) is 0 Å². The van der Waals surface area contributed by atoms with Crippen molar-refractivity contribution >= 4 is 17.7 Å². The van der Waals surface area contributed by atoms with E-state index in [9.17, 15) is 14.4 Å². The molecule has 1 fully saturated rings. The van der Waals surface area contributed by atoms with Crippen molar-refractivity contribution in [2.75, 3.05) is 13.1 Å². The van der Waals surface area contributed by atoms with Gasteiger partial charge in [0.1, 0.15) is 6.04 Å². The molecule has 3 rings (SSSR count). The van der Waals surface area contributed by atoms with E-state index in [0.29, 0.717) is 25.1 Å². The van der Waals surface area contributed by atoms with E-state index in [1.54, 1.807) is 4.90 Å². The molecule has 158 valence electrons. The average molecular weight is 401 g/mol. The van der Waals surface area contributed by atoms with Crippen molar-refractivity contribution in [3.05, 3.63) is 34.9 Å². The van der Waals surface area contributed by atoms with Gasteiger partial charge < -0.3 is 16.0 Å². The van der Waals surface area contributed by atoms with Gasteiger partial charge in [0.05, 0.1) is 0 Å². The van der Waals surface area contributed by atoms with E-state index in [1.807, 2.05) is 18.2 Å². The molecule has 0 saturated carbocycles.